The molecule has 1 fully saturated rings. The maximum atomic E-state index is 12.3. The highest BCUT2D eigenvalue weighted by atomic mass is 19.4. The maximum absolute atomic E-state index is 12.3. The third kappa shape index (κ3) is 7.00. The molecule has 0 spiro atoms. The Hall–Kier alpha value is -0.290. The molecule has 0 aromatic rings. The molecule has 0 amide bonds. The van der Waals surface area contributed by atoms with Crippen LogP contribution in [-0.2, 0) is 0 Å². The van der Waals surface area contributed by atoms with E-state index >= 15 is 0 Å². The van der Waals surface area contributed by atoms with Crippen molar-refractivity contribution in [3.05, 3.63) is 0 Å². The monoisotopic (exact) mass is 308 g/mol. The lowest BCUT2D eigenvalue weighted by atomic mass is 9.73. The van der Waals surface area contributed by atoms with Gasteiger partial charge in [-0.3, -0.25) is 0 Å². The van der Waals surface area contributed by atoms with Crippen LogP contribution in [0.4, 0.5) is 13.2 Å². The SMILES string of the molecule is CCNC1CCC(C(C)C)CC1CN(C)CCC(F)(F)F. The molecule has 3 atom stereocenters. The predicted molar refractivity (Wildman–Crippen MR) is 81.3 cm³/mol. The van der Waals surface area contributed by atoms with Crippen molar-refractivity contribution in [3.8, 4) is 0 Å². The quantitative estimate of drug-likeness (QED) is 0.767. The van der Waals surface area contributed by atoms with Crippen LogP contribution in [0.1, 0.15) is 46.5 Å². The number of nitrogens with one attached hydrogen (secondary N) is 1. The number of nitrogens with zero attached hydrogens (tertiary/aromatic N) is 1. The Morgan fingerprint density at radius 3 is 2.43 bits per heavy atom. The molecule has 1 N–H and O–H groups in total. The highest BCUT2D eigenvalue weighted by Crippen LogP contribution is 2.34. The Morgan fingerprint density at radius 1 is 1.24 bits per heavy atom. The molecule has 0 aromatic carbocycles. The minimum absolute atomic E-state index is 0.102. The van der Waals surface area contributed by atoms with Crippen molar-refractivity contribution in [1.29, 1.82) is 0 Å². The molecule has 0 heterocycles. The lowest BCUT2D eigenvalue weighted by molar-refractivity contribution is -0.137. The minimum atomic E-state index is -4.05. The van der Waals surface area contributed by atoms with E-state index in [0.717, 1.165) is 25.9 Å². The van der Waals surface area contributed by atoms with Gasteiger partial charge in [-0.2, -0.15) is 13.2 Å². The van der Waals surface area contributed by atoms with Crippen LogP contribution in [-0.4, -0.2) is 43.8 Å². The summed E-state index contributed by atoms with van der Waals surface area (Å²) in [5, 5.41) is 3.52. The topological polar surface area (TPSA) is 15.3 Å². The van der Waals surface area contributed by atoms with E-state index in [1.807, 2.05) is 11.9 Å². The Bertz CT molecular complexity index is 292. The summed E-state index contributed by atoms with van der Waals surface area (Å²) in [5.41, 5.74) is 0. The molecule has 5 heteroatoms. The predicted octanol–water partition coefficient (Wildman–Crippen LogP) is 3.92. The van der Waals surface area contributed by atoms with E-state index in [-0.39, 0.29) is 6.54 Å². The first-order chi connectivity index (χ1) is 9.73. The number of hydrogen-bond donors (Lipinski definition) is 1. The normalized spacial score (nSPS) is 27.6. The average Bonchev–Trinajstić information content (AvgIpc) is 2.37. The zero-order chi connectivity index (χ0) is 16.0. The summed E-state index contributed by atoms with van der Waals surface area (Å²) < 4.78 is 37.0. The van der Waals surface area contributed by atoms with E-state index in [1.165, 1.54) is 6.42 Å². The largest absolute Gasteiger partial charge is 0.390 e. The molecule has 126 valence electrons. The van der Waals surface area contributed by atoms with Gasteiger partial charge in [0.05, 0.1) is 6.42 Å². The van der Waals surface area contributed by atoms with Gasteiger partial charge in [-0.1, -0.05) is 20.8 Å². The minimum Gasteiger partial charge on any atom is -0.314 e. The molecule has 0 aliphatic heterocycles. The third-order valence-electron chi connectivity index (χ3n) is 4.76. The Morgan fingerprint density at radius 2 is 1.90 bits per heavy atom. The molecular formula is C16H31F3N2. The lowest BCUT2D eigenvalue weighted by Crippen LogP contribution is -2.46. The molecule has 1 aliphatic rings. The van der Waals surface area contributed by atoms with E-state index in [0.29, 0.717) is 23.8 Å². The molecule has 1 aliphatic carbocycles. The summed E-state index contributed by atoms with van der Waals surface area (Å²) in [7, 11) is 1.81. The van der Waals surface area contributed by atoms with Crippen molar-refractivity contribution in [2.24, 2.45) is 17.8 Å². The molecular weight excluding hydrogens is 277 g/mol. The van der Waals surface area contributed by atoms with Gasteiger partial charge in [0.2, 0.25) is 0 Å². The summed E-state index contributed by atoms with van der Waals surface area (Å²) >= 11 is 0. The van der Waals surface area contributed by atoms with Gasteiger partial charge in [-0.15, -0.1) is 0 Å². The van der Waals surface area contributed by atoms with Crippen LogP contribution in [0.3, 0.4) is 0 Å². The molecule has 2 nitrogen and oxygen atoms in total. The summed E-state index contributed by atoms with van der Waals surface area (Å²) in [6.45, 7) is 8.40. The Labute approximate surface area is 127 Å². The average molecular weight is 308 g/mol. The smallest absolute Gasteiger partial charge is 0.314 e. The zero-order valence-electron chi connectivity index (χ0n) is 13.8. The summed E-state index contributed by atoms with van der Waals surface area (Å²) in [5.74, 6) is 1.83. The first-order valence-electron chi connectivity index (χ1n) is 8.21. The van der Waals surface area contributed by atoms with E-state index in [9.17, 15) is 13.2 Å². The Kier molecular flexibility index (Phi) is 7.48. The van der Waals surface area contributed by atoms with E-state index in [1.54, 1.807) is 0 Å². The molecule has 0 radical (unpaired) electrons. The van der Waals surface area contributed by atoms with Gasteiger partial charge < -0.3 is 10.2 Å². The van der Waals surface area contributed by atoms with Crippen molar-refractivity contribution in [3.63, 3.8) is 0 Å². The molecule has 1 saturated carbocycles. The molecule has 0 saturated heterocycles. The highest BCUT2D eigenvalue weighted by Gasteiger charge is 2.33. The number of rotatable bonds is 7. The highest BCUT2D eigenvalue weighted by molar-refractivity contribution is 4.87. The maximum Gasteiger partial charge on any atom is 0.390 e. The fourth-order valence-electron chi connectivity index (χ4n) is 3.45. The first-order valence-corrected chi connectivity index (χ1v) is 8.21. The van der Waals surface area contributed by atoms with Gasteiger partial charge in [0.1, 0.15) is 0 Å². The number of hydrogen-bond acceptors (Lipinski definition) is 2. The first kappa shape index (κ1) is 18.8. The second kappa shape index (κ2) is 8.37. The van der Waals surface area contributed by atoms with Crippen molar-refractivity contribution in [2.45, 2.75) is 58.7 Å². The summed E-state index contributed by atoms with van der Waals surface area (Å²) in [6.07, 6.45) is -1.25. The molecule has 3 unspecified atom stereocenters. The van der Waals surface area contributed by atoms with Crippen molar-refractivity contribution >= 4 is 0 Å². The van der Waals surface area contributed by atoms with Crippen LogP contribution in [0.5, 0.6) is 0 Å². The van der Waals surface area contributed by atoms with Gasteiger partial charge in [0.15, 0.2) is 0 Å². The standard InChI is InChI=1S/C16H31F3N2/c1-5-20-15-7-6-13(12(2)3)10-14(15)11-21(4)9-8-16(17,18)19/h12-15,20H,5-11H2,1-4H3. The number of halogens is 3. The van der Waals surface area contributed by atoms with Crippen molar-refractivity contribution < 1.29 is 13.2 Å². The second-order valence-corrected chi connectivity index (χ2v) is 6.87. The number of alkyl halides is 3. The van der Waals surface area contributed by atoms with Gasteiger partial charge in [0, 0.05) is 19.1 Å². The third-order valence-corrected chi connectivity index (χ3v) is 4.76. The molecule has 1 rings (SSSR count). The molecule has 21 heavy (non-hydrogen) atoms. The van der Waals surface area contributed by atoms with E-state index < -0.39 is 12.6 Å². The summed E-state index contributed by atoms with van der Waals surface area (Å²) in [4.78, 5) is 1.85. The van der Waals surface area contributed by atoms with Gasteiger partial charge >= 0.3 is 6.18 Å². The zero-order valence-corrected chi connectivity index (χ0v) is 13.8. The van der Waals surface area contributed by atoms with Gasteiger partial charge in [-0.25, -0.2) is 0 Å². The van der Waals surface area contributed by atoms with Crippen LogP contribution in [0.25, 0.3) is 0 Å². The van der Waals surface area contributed by atoms with E-state index in [2.05, 4.69) is 26.1 Å². The fourth-order valence-corrected chi connectivity index (χ4v) is 3.45. The van der Waals surface area contributed by atoms with Gasteiger partial charge in [-0.05, 0) is 50.6 Å². The van der Waals surface area contributed by atoms with E-state index in [4.69, 9.17) is 0 Å². The van der Waals surface area contributed by atoms with Crippen LogP contribution >= 0.6 is 0 Å². The molecule has 0 aromatic heterocycles. The fraction of sp³-hybridized carbons (Fsp3) is 1.00. The molecule has 0 bridgehead atoms. The van der Waals surface area contributed by atoms with Crippen LogP contribution in [0.15, 0.2) is 0 Å². The van der Waals surface area contributed by atoms with Crippen LogP contribution in [0, 0.1) is 17.8 Å². The van der Waals surface area contributed by atoms with Crippen molar-refractivity contribution in [2.75, 3.05) is 26.7 Å². The lowest BCUT2D eigenvalue weighted by Gasteiger charge is -2.40. The Balaban J connectivity index is 2.52. The van der Waals surface area contributed by atoms with Gasteiger partial charge in [0.25, 0.3) is 0 Å². The van der Waals surface area contributed by atoms with Crippen molar-refractivity contribution in [1.82, 2.24) is 10.2 Å². The van der Waals surface area contributed by atoms with Crippen LogP contribution < -0.4 is 5.32 Å². The summed E-state index contributed by atoms with van der Waals surface area (Å²) in [6, 6.07) is 0.457. The second-order valence-electron chi connectivity index (χ2n) is 6.87. The van der Waals surface area contributed by atoms with Crippen LogP contribution in [0.2, 0.25) is 0 Å².